The van der Waals surface area contributed by atoms with Gasteiger partial charge in [-0.3, -0.25) is 0 Å². The Kier molecular flexibility index (Phi) is 2.71. The van der Waals surface area contributed by atoms with Gasteiger partial charge >= 0.3 is 0 Å². The van der Waals surface area contributed by atoms with Crippen LogP contribution in [0.2, 0.25) is 0 Å². The lowest BCUT2D eigenvalue weighted by Gasteiger charge is -2.15. The quantitative estimate of drug-likeness (QED) is 0.656. The largest absolute Gasteiger partial charge is 0.399 e. The Bertz CT molecular complexity index is 256. The molecule has 0 fully saturated rings. The third-order valence-corrected chi connectivity index (χ3v) is 2.01. The summed E-state index contributed by atoms with van der Waals surface area (Å²) in [4.78, 5) is 0. The maximum atomic E-state index is 5.95. The van der Waals surface area contributed by atoms with Crippen LogP contribution < -0.4 is 11.5 Å². The number of anilines is 1. The Balaban J connectivity index is 2.88. The fraction of sp³-hybridized carbons (Fsp3) is 0.400. The summed E-state index contributed by atoms with van der Waals surface area (Å²) in [7, 11) is 0. The first-order valence-electron chi connectivity index (χ1n) is 4.22. The van der Waals surface area contributed by atoms with Crippen molar-refractivity contribution in [2.45, 2.75) is 19.9 Å². The fourth-order valence-electron chi connectivity index (χ4n) is 1.15. The molecule has 0 saturated heterocycles. The van der Waals surface area contributed by atoms with Gasteiger partial charge in [-0.15, -0.1) is 0 Å². The van der Waals surface area contributed by atoms with Crippen LogP contribution in [0.25, 0.3) is 0 Å². The Hall–Kier alpha value is -1.02. The second-order valence-electron chi connectivity index (χ2n) is 3.44. The molecule has 0 bridgehead atoms. The first-order chi connectivity index (χ1) is 5.61. The maximum Gasteiger partial charge on any atom is 0.0318 e. The van der Waals surface area contributed by atoms with Crippen molar-refractivity contribution < 1.29 is 0 Å². The first-order valence-corrected chi connectivity index (χ1v) is 4.22. The van der Waals surface area contributed by atoms with E-state index >= 15 is 0 Å². The molecule has 0 unspecified atom stereocenters. The Morgan fingerprint density at radius 3 is 2.42 bits per heavy atom. The van der Waals surface area contributed by atoms with Crippen molar-refractivity contribution >= 4 is 5.69 Å². The van der Waals surface area contributed by atoms with E-state index in [4.69, 9.17) is 11.5 Å². The van der Waals surface area contributed by atoms with E-state index in [9.17, 15) is 0 Å². The highest BCUT2D eigenvalue weighted by Crippen LogP contribution is 2.20. The summed E-state index contributed by atoms with van der Waals surface area (Å²) in [6, 6.07) is 7.85. The fourth-order valence-corrected chi connectivity index (χ4v) is 1.15. The van der Waals surface area contributed by atoms with E-state index in [1.165, 1.54) is 0 Å². The first kappa shape index (κ1) is 9.07. The van der Waals surface area contributed by atoms with E-state index in [2.05, 4.69) is 13.8 Å². The zero-order valence-electron chi connectivity index (χ0n) is 7.62. The molecule has 1 aromatic rings. The molecule has 1 aromatic carbocycles. The van der Waals surface area contributed by atoms with E-state index in [0.29, 0.717) is 5.92 Å². The predicted molar refractivity (Wildman–Crippen MR) is 52.6 cm³/mol. The van der Waals surface area contributed by atoms with Gasteiger partial charge in [-0.05, 0) is 23.6 Å². The minimum Gasteiger partial charge on any atom is -0.399 e. The lowest BCUT2D eigenvalue weighted by atomic mass is 9.97. The number of benzene rings is 1. The highest BCUT2D eigenvalue weighted by Gasteiger charge is 2.09. The van der Waals surface area contributed by atoms with Crippen LogP contribution in [-0.2, 0) is 0 Å². The van der Waals surface area contributed by atoms with Crippen LogP contribution in [0.1, 0.15) is 25.5 Å². The van der Waals surface area contributed by atoms with Gasteiger partial charge in [0, 0.05) is 11.7 Å². The van der Waals surface area contributed by atoms with Crippen molar-refractivity contribution in [2.24, 2.45) is 11.7 Å². The molecular formula is C10H16N2. The van der Waals surface area contributed by atoms with E-state index in [1.54, 1.807) is 0 Å². The Labute approximate surface area is 73.6 Å². The molecule has 0 aliphatic heterocycles. The molecule has 0 saturated carbocycles. The van der Waals surface area contributed by atoms with Crippen LogP contribution in [0.4, 0.5) is 5.69 Å². The van der Waals surface area contributed by atoms with Gasteiger partial charge in [0.15, 0.2) is 0 Å². The van der Waals surface area contributed by atoms with E-state index in [0.717, 1.165) is 11.3 Å². The SMILES string of the molecule is CC(C)[C@@H](N)c1cccc(N)c1. The van der Waals surface area contributed by atoms with Crippen LogP contribution in [0, 0.1) is 5.92 Å². The molecule has 66 valence electrons. The number of hydrogen-bond donors (Lipinski definition) is 2. The van der Waals surface area contributed by atoms with Gasteiger partial charge in [0.05, 0.1) is 0 Å². The van der Waals surface area contributed by atoms with Gasteiger partial charge in [-0.25, -0.2) is 0 Å². The monoisotopic (exact) mass is 164 g/mol. The van der Waals surface area contributed by atoms with Crippen molar-refractivity contribution in [2.75, 3.05) is 5.73 Å². The molecule has 0 heterocycles. The van der Waals surface area contributed by atoms with E-state index in [1.807, 2.05) is 24.3 Å². The average Bonchev–Trinajstić information content (AvgIpc) is 2.03. The zero-order chi connectivity index (χ0) is 9.14. The summed E-state index contributed by atoms with van der Waals surface area (Å²) < 4.78 is 0. The van der Waals surface area contributed by atoms with Gasteiger partial charge < -0.3 is 11.5 Å². The maximum absolute atomic E-state index is 5.95. The van der Waals surface area contributed by atoms with Gasteiger partial charge in [-0.1, -0.05) is 26.0 Å². The second-order valence-corrected chi connectivity index (χ2v) is 3.44. The van der Waals surface area contributed by atoms with Crippen molar-refractivity contribution in [3.8, 4) is 0 Å². The van der Waals surface area contributed by atoms with E-state index in [-0.39, 0.29) is 6.04 Å². The molecule has 0 amide bonds. The normalized spacial score (nSPS) is 13.3. The molecule has 4 N–H and O–H groups in total. The highest BCUT2D eigenvalue weighted by atomic mass is 14.6. The molecule has 2 nitrogen and oxygen atoms in total. The zero-order valence-corrected chi connectivity index (χ0v) is 7.62. The Morgan fingerprint density at radius 1 is 1.25 bits per heavy atom. The van der Waals surface area contributed by atoms with E-state index < -0.39 is 0 Å². The molecular weight excluding hydrogens is 148 g/mol. The van der Waals surface area contributed by atoms with Crippen molar-refractivity contribution in [3.05, 3.63) is 29.8 Å². The molecule has 1 atom stereocenters. The second kappa shape index (κ2) is 3.59. The predicted octanol–water partition coefficient (Wildman–Crippen LogP) is 1.92. The van der Waals surface area contributed by atoms with Gasteiger partial charge in [0.2, 0.25) is 0 Å². The summed E-state index contributed by atoms with van der Waals surface area (Å²) in [5.41, 5.74) is 13.5. The summed E-state index contributed by atoms with van der Waals surface area (Å²) in [6.07, 6.45) is 0. The summed E-state index contributed by atoms with van der Waals surface area (Å²) >= 11 is 0. The third-order valence-electron chi connectivity index (χ3n) is 2.01. The standard InChI is InChI=1S/C10H16N2/c1-7(2)10(12)8-4-3-5-9(11)6-8/h3-7,10H,11-12H2,1-2H3/t10-/m1/s1. The van der Waals surface area contributed by atoms with Crippen LogP contribution >= 0.6 is 0 Å². The summed E-state index contributed by atoms with van der Waals surface area (Å²) in [5.74, 6) is 0.451. The lowest BCUT2D eigenvalue weighted by Crippen LogP contribution is -2.16. The highest BCUT2D eigenvalue weighted by molar-refractivity contribution is 5.41. The summed E-state index contributed by atoms with van der Waals surface area (Å²) in [6.45, 7) is 4.21. The molecule has 0 spiro atoms. The average molecular weight is 164 g/mol. The summed E-state index contributed by atoms with van der Waals surface area (Å²) in [5, 5.41) is 0. The van der Waals surface area contributed by atoms with Gasteiger partial charge in [-0.2, -0.15) is 0 Å². The Morgan fingerprint density at radius 2 is 1.92 bits per heavy atom. The van der Waals surface area contributed by atoms with Gasteiger partial charge in [0.25, 0.3) is 0 Å². The molecule has 2 heteroatoms. The topological polar surface area (TPSA) is 52.0 Å². The van der Waals surface area contributed by atoms with Crippen LogP contribution in [0.3, 0.4) is 0 Å². The number of rotatable bonds is 2. The number of nitrogen functional groups attached to an aromatic ring is 1. The number of nitrogens with two attached hydrogens (primary N) is 2. The minimum atomic E-state index is 0.0912. The van der Waals surface area contributed by atoms with Crippen LogP contribution in [0.5, 0.6) is 0 Å². The minimum absolute atomic E-state index is 0.0912. The molecule has 12 heavy (non-hydrogen) atoms. The molecule has 0 aliphatic carbocycles. The number of hydrogen-bond acceptors (Lipinski definition) is 2. The van der Waals surface area contributed by atoms with Crippen molar-refractivity contribution in [1.29, 1.82) is 0 Å². The van der Waals surface area contributed by atoms with Crippen LogP contribution in [0.15, 0.2) is 24.3 Å². The van der Waals surface area contributed by atoms with Crippen molar-refractivity contribution in [1.82, 2.24) is 0 Å². The van der Waals surface area contributed by atoms with Gasteiger partial charge in [0.1, 0.15) is 0 Å². The third kappa shape index (κ3) is 1.98. The molecule has 0 aliphatic rings. The lowest BCUT2D eigenvalue weighted by molar-refractivity contribution is 0.514. The van der Waals surface area contributed by atoms with Crippen LogP contribution in [-0.4, -0.2) is 0 Å². The molecule has 1 rings (SSSR count). The van der Waals surface area contributed by atoms with Crippen molar-refractivity contribution in [3.63, 3.8) is 0 Å². The molecule has 0 aromatic heterocycles. The molecule has 0 radical (unpaired) electrons. The smallest absolute Gasteiger partial charge is 0.0318 e.